The highest BCUT2D eigenvalue weighted by Crippen LogP contribution is 2.53. The van der Waals surface area contributed by atoms with Gasteiger partial charge in [-0.1, -0.05) is 6.92 Å². The van der Waals surface area contributed by atoms with Crippen LogP contribution in [-0.4, -0.2) is 32.8 Å². The van der Waals surface area contributed by atoms with Crippen molar-refractivity contribution in [2.45, 2.75) is 13.3 Å². The molecule has 0 aromatic rings. The van der Waals surface area contributed by atoms with Gasteiger partial charge in [0, 0.05) is 18.4 Å². The van der Waals surface area contributed by atoms with Gasteiger partial charge in [-0.15, -0.1) is 11.6 Å². The number of methoxy groups -OCH3 is 1. The van der Waals surface area contributed by atoms with E-state index in [1.54, 1.807) is 7.11 Å². The first-order valence-corrected chi connectivity index (χ1v) is 4.91. The number of halogens is 1. The fourth-order valence-electron chi connectivity index (χ4n) is 1.39. The molecule has 0 aliphatic heterocycles. The van der Waals surface area contributed by atoms with Gasteiger partial charge in [0.05, 0.1) is 19.8 Å². The van der Waals surface area contributed by atoms with Crippen LogP contribution in [0, 0.1) is 11.3 Å². The third-order valence-corrected chi connectivity index (χ3v) is 3.22. The molecule has 0 bridgehead atoms. The summed E-state index contributed by atoms with van der Waals surface area (Å²) >= 11 is 5.85. The molecule has 2 unspecified atom stereocenters. The Bertz CT molecular complexity index is 136. The van der Waals surface area contributed by atoms with E-state index in [0.717, 1.165) is 18.4 Å². The van der Waals surface area contributed by atoms with Crippen molar-refractivity contribution in [3.05, 3.63) is 0 Å². The maximum absolute atomic E-state index is 5.85. The fraction of sp³-hybridized carbons (Fsp3) is 1.00. The van der Waals surface area contributed by atoms with Gasteiger partial charge in [0.25, 0.3) is 0 Å². The van der Waals surface area contributed by atoms with Crippen molar-refractivity contribution in [2.24, 2.45) is 11.3 Å². The van der Waals surface area contributed by atoms with Crippen LogP contribution in [0.3, 0.4) is 0 Å². The van der Waals surface area contributed by atoms with Gasteiger partial charge in [0.1, 0.15) is 0 Å². The molecule has 1 saturated carbocycles. The van der Waals surface area contributed by atoms with E-state index >= 15 is 0 Å². The first-order valence-electron chi connectivity index (χ1n) is 4.38. The summed E-state index contributed by atoms with van der Waals surface area (Å²) < 4.78 is 10.3. The molecule has 0 N–H and O–H groups in total. The summed E-state index contributed by atoms with van der Waals surface area (Å²) in [5, 5.41) is 0. The van der Waals surface area contributed by atoms with Crippen LogP contribution in [0.15, 0.2) is 0 Å². The lowest BCUT2D eigenvalue weighted by molar-refractivity contribution is 0.0471. The Morgan fingerprint density at radius 2 is 2.17 bits per heavy atom. The normalized spacial score (nSPS) is 33.8. The number of hydrogen-bond donors (Lipinski definition) is 0. The predicted octanol–water partition coefficient (Wildman–Crippen LogP) is 1.91. The summed E-state index contributed by atoms with van der Waals surface area (Å²) in [6.07, 6.45) is 1.21. The zero-order valence-corrected chi connectivity index (χ0v) is 8.56. The molecule has 72 valence electrons. The second kappa shape index (κ2) is 4.45. The van der Waals surface area contributed by atoms with Crippen molar-refractivity contribution < 1.29 is 9.47 Å². The first-order chi connectivity index (χ1) is 5.75. The SMILES string of the molecule is COCCOCC1(CCl)CC1C. The lowest BCUT2D eigenvalue weighted by atomic mass is 10.1. The van der Waals surface area contributed by atoms with Gasteiger partial charge < -0.3 is 9.47 Å². The maximum atomic E-state index is 5.85. The van der Waals surface area contributed by atoms with Crippen LogP contribution < -0.4 is 0 Å². The molecule has 1 aliphatic carbocycles. The molecule has 2 nitrogen and oxygen atoms in total. The van der Waals surface area contributed by atoms with E-state index in [1.165, 1.54) is 6.42 Å². The van der Waals surface area contributed by atoms with Gasteiger partial charge in [0.2, 0.25) is 0 Å². The van der Waals surface area contributed by atoms with Gasteiger partial charge in [-0.25, -0.2) is 0 Å². The highest BCUT2D eigenvalue weighted by atomic mass is 35.5. The Hall–Kier alpha value is 0.210. The van der Waals surface area contributed by atoms with Crippen LogP contribution in [0.2, 0.25) is 0 Å². The van der Waals surface area contributed by atoms with Crippen molar-refractivity contribution in [2.75, 3.05) is 32.8 Å². The molecule has 0 aromatic heterocycles. The summed E-state index contributed by atoms with van der Waals surface area (Å²) in [6.45, 7) is 4.37. The zero-order valence-electron chi connectivity index (χ0n) is 7.81. The van der Waals surface area contributed by atoms with E-state index in [0.29, 0.717) is 13.2 Å². The minimum Gasteiger partial charge on any atom is -0.382 e. The summed E-state index contributed by atoms with van der Waals surface area (Å²) in [5.41, 5.74) is 0.287. The topological polar surface area (TPSA) is 18.5 Å². The predicted molar refractivity (Wildman–Crippen MR) is 49.6 cm³/mol. The second-order valence-corrected chi connectivity index (χ2v) is 3.91. The Kier molecular flexibility index (Phi) is 3.81. The molecular weight excluding hydrogens is 176 g/mol. The summed E-state index contributed by atoms with van der Waals surface area (Å²) in [5.74, 6) is 1.46. The van der Waals surface area contributed by atoms with Gasteiger partial charge in [-0.2, -0.15) is 0 Å². The smallest absolute Gasteiger partial charge is 0.0700 e. The molecule has 0 saturated heterocycles. The van der Waals surface area contributed by atoms with Crippen LogP contribution >= 0.6 is 11.6 Å². The molecule has 1 rings (SSSR count). The Morgan fingerprint density at radius 1 is 1.50 bits per heavy atom. The molecule has 0 spiro atoms. The average Bonchev–Trinajstić information content (AvgIpc) is 2.72. The van der Waals surface area contributed by atoms with Crippen LogP contribution in [0.1, 0.15) is 13.3 Å². The van der Waals surface area contributed by atoms with Crippen LogP contribution in [0.5, 0.6) is 0 Å². The van der Waals surface area contributed by atoms with E-state index in [2.05, 4.69) is 6.92 Å². The van der Waals surface area contributed by atoms with Gasteiger partial charge >= 0.3 is 0 Å². The van der Waals surface area contributed by atoms with Crippen molar-refractivity contribution in [1.29, 1.82) is 0 Å². The molecule has 0 heterocycles. The van der Waals surface area contributed by atoms with E-state index in [4.69, 9.17) is 21.1 Å². The molecule has 1 fully saturated rings. The summed E-state index contributed by atoms with van der Waals surface area (Å²) in [7, 11) is 1.68. The third-order valence-electron chi connectivity index (χ3n) is 2.69. The highest BCUT2D eigenvalue weighted by molar-refractivity contribution is 6.18. The van der Waals surface area contributed by atoms with Crippen LogP contribution in [0.25, 0.3) is 0 Å². The fourth-order valence-corrected chi connectivity index (χ4v) is 1.84. The lowest BCUT2D eigenvalue weighted by Crippen LogP contribution is -2.16. The lowest BCUT2D eigenvalue weighted by Gasteiger charge is -2.12. The largest absolute Gasteiger partial charge is 0.382 e. The molecule has 0 radical (unpaired) electrons. The summed E-state index contributed by atoms with van der Waals surface area (Å²) in [4.78, 5) is 0. The monoisotopic (exact) mass is 192 g/mol. The van der Waals surface area contributed by atoms with E-state index in [9.17, 15) is 0 Å². The van der Waals surface area contributed by atoms with E-state index in [1.807, 2.05) is 0 Å². The minimum absolute atomic E-state index is 0.287. The Labute approximate surface area is 79.2 Å². The van der Waals surface area contributed by atoms with Crippen molar-refractivity contribution >= 4 is 11.6 Å². The second-order valence-electron chi connectivity index (χ2n) is 3.65. The van der Waals surface area contributed by atoms with Gasteiger partial charge in [-0.05, 0) is 12.3 Å². The standard InChI is InChI=1S/C9H17ClO2/c1-8-5-9(8,6-10)7-12-4-3-11-2/h8H,3-7H2,1-2H3. The highest BCUT2D eigenvalue weighted by Gasteiger charge is 2.50. The minimum atomic E-state index is 0.287. The van der Waals surface area contributed by atoms with E-state index < -0.39 is 0 Å². The third kappa shape index (κ3) is 2.35. The zero-order chi connectivity index (χ0) is 9.03. The molecule has 0 amide bonds. The van der Waals surface area contributed by atoms with Gasteiger partial charge in [-0.3, -0.25) is 0 Å². The Balaban J connectivity index is 2.06. The number of rotatable bonds is 6. The van der Waals surface area contributed by atoms with Crippen molar-refractivity contribution in [3.8, 4) is 0 Å². The number of hydrogen-bond acceptors (Lipinski definition) is 2. The average molecular weight is 193 g/mol. The molecule has 1 aliphatic rings. The van der Waals surface area contributed by atoms with E-state index in [-0.39, 0.29) is 5.41 Å². The van der Waals surface area contributed by atoms with Crippen molar-refractivity contribution in [1.82, 2.24) is 0 Å². The Morgan fingerprint density at radius 3 is 2.58 bits per heavy atom. The quantitative estimate of drug-likeness (QED) is 0.473. The number of ether oxygens (including phenoxy) is 2. The molecule has 3 heteroatoms. The molecule has 0 aromatic carbocycles. The van der Waals surface area contributed by atoms with Gasteiger partial charge in [0.15, 0.2) is 0 Å². The number of alkyl halides is 1. The summed E-state index contributed by atoms with van der Waals surface area (Å²) in [6, 6.07) is 0. The maximum Gasteiger partial charge on any atom is 0.0700 e. The van der Waals surface area contributed by atoms with Crippen LogP contribution in [-0.2, 0) is 9.47 Å². The molecule has 2 atom stereocenters. The van der Waals surface area contributed by atoms with Crippen LogP contribution in [0.4, 0.5) is 0 Å². The molecular formula is C9H17ClO2. The first kappa shape index (κ1) is 10.3. The molecule has 12 heavy (non-hydrogen) atoms. The van der Waals surface area contributed by atoms with Crippen molar-refractivity contribution in [3.63, 3.8) is 0 Å².